The fraction of sp³-hybridized carbons (Fsp3) is 0.250. The van der Waals surface area contributed by atoms with Crippen LogP contribution in [0.2, 0.25) is 0 Å². The number of hydrogen-bond donors (Lipinski definition) is 2. The van der Waals surface area contributed by atoms with Crippen LogP contribution in [0.3, 0.4) is 0 Å². The van der Waals surface area contributed by atoms with Gasteiger partial charge >= 0.3 is 5.97 Å². The Balaban J connectivity index is 2.07. The molecule has 0 aliphatic heterocycles. The van der Waals surface area contributed by atoms with Crippen LogP contribution >= 0.6 is 11.8 Å². The standard InChI is InChI=1S/C12H12N4O4S/c17-6-13-10(12(19)20)5-21-7-16-11(18)8-3-1-2-4-9(8)14-15-16/h1-4,6,10H,5,7H2,(H,13,17)(H,19,20). The second kappa shape index (κ2) is 6.84. The summed E-state index contributed by atoms with van der Waals surface area (Å²) in [6.45, 7) is 0. The summed E-state index contributed by atoms with van der Waals surface area (Å²) >= 11 is 1.16. The number of nitrogens with one attached hydrogen (secondary N) is 1. The van der Waals surface area contributed by atoms with E-state index in [1.807, 2.05) is 0 Å². The monoisotopic (exact) mass is 308 g/mol. The SMILES string of the molecule is O=CNC(CSCn1nnc2ccccc2c1=O)C(=O)O. The Bertz CT molecular complexity index is 718. The normalized spacial score (nSPS) is 12.0. The molecular weight excluding hydrogens is 296 g/mol. The Morgan fingerprint density at radius 3 is 2.95 bits per heavy atom. The molecule has 21 heavy (non-hydrogen) atoms. The summed E-state index contributed by atoms with van der Waals surface area (Å²) < 4.78 is 1.16. The van der Waals surface area contributed by atoms with Crippen LogP contribution in [-0.2, 0) is 15.5 Å². The van der Waals surface area contributed by atoms with Gasteiger partial charge in [0.1, 0.15) is 11.6 Å². The van der Waals surface area contributed by atoms with Gasteiger partial charge in [0.2, 0.25) is 6.41 Å². The van der Waals surface area contributed by atoms with Crippen LogP contribution in [0.5, 0.6) is 0 Å². The predicted octanol–water partition coefficient (Wildman–Crippen LogP) is -0.319. The van der Waals surface area contributed by atoms with E-state index in [0.717, 1.165) is 16.4 Å². The summed E-state index contributed by atoms with van der Waals surface area (Å²) in [5, 5.41) is 19.2. The molecule has 0 radical (unpaired) electrons. The molecule has 9 heteroatoms. The molecule has 1 aromatic heterocycles. The van der Waals surface area contributed by atoms with Gasteiger partial charge in [-0.2, -0.15) is 0 Å². The fourth-order valence-electron chi connectivity index (χ4n) is 1.64. The van der Waals surface area contributed by atoms with Crippen LogP contribution < -0.4 is 10.9 Å². The number of thioether (sulfide) groups is 1. The van der Waals surface area contributed by atoms with E-state index in [0.29, 0.717) is 17.3 Å². The van der Waals surface area contributed by atoms with Crippen molar-refractivity contribution in [2.24, 2.45) is 0 Å². The van der Waals surface area contributed by atoms with E-state index >= 15 is 0 Å². The van der Waals surface area contributed by atoms with Gasteiger partial charge in [0.05, 0.1) is 11.3 Å². The van der Waals surface area contributed by atoms with Crippen LogP contribution in [0.4, 0.5) is 0 Å². The van der Waals surface area contributed by atoms with Crippen LogP contribution in [-0.4, -0.2) is 44.3 Å². The van der Waals surface area contributed by atoms with Gasteiger partial charge in [-0.05, 0) is 12.1 Å². The highest BCUT2D eigenvalue weighted by atomic mass is 32.2. The van der Waals surface area contributed by atoms with E-state index in [-0.39, 0.29) is 17.2 Å². The summed E-state index contributed by atoms with van der Waals surface area (Å²) in [5.41, 5.74) is 0.220. The third-order valence-electron chi connectivity index (χ3n) is 2.69. The summed E-state index contributed by atoms with van der Waals surface area (Å²) in [5.74, 6) is -0.859. The number of carbonyl (C=O) groups is 2. The average molecular weight is 308 g/mol. The van der Waals surface area contributed by atoms with E-state index < -0.39 is 12.0 Å². The first kappa shape index (κ1) is 15.0. The van der Waals surface area contributed by atoms with Gasteiger partial charge < -0.3 is 10.4 Å². The molecule has 0 bridgehead atoms. The lowest BCUT2D eigenvalue weighted by Gasteiger charge is -2.10. The number of carboxylic acid groups (broad SMARTS) is 1. The molecule has 1 amide bonds. The lowest BCUT2D eigenvalue weighted by atomic mass is 10.2. The first-order valence-electron chi connectivity index (χ1n) is 5.96. The number of aliphatic carboxylic acids is 1. The zero-order valence-corrected chi connectivity index (χ0v) is 11.6. The molecule has 0 saturated carbocycles. The topological polar surface area (TPSA) is 114 Å². The predicted molar refractivity (Wildman–Crippen MR) is 76.9 cm³/mol. The maximum atomic E-state index is 12.1. The van der Waals surface area contributed by atoms with Gasteiger partial charge in [0, 0.05) is 5.75 Å². The minimum atomic E-state index is -1.13. The second-order valence-electron chi connectivity index (χ2n) is 4.09. The fourth-order valence-corrected chi connectivity index (χ4v) is 2.56. The van der Waals surface area contributed by atoms with E-state index in [9.17, 15) is 14.4 Å². The summed E-state index contributed by atoms with van der Waals surface area (Å²) in [7, 11) is 0. The number of amides is 1. The van der Waals surface area contributed by atoms with Gasteiger partial charge in [-0.15, -0.1) is 16.9 Å². The van der Waals surface area contributed by atoms with Crippen molar-refractivity contribution >= 4 is 35.0 Å². The number of fused-ring (bicyclic) bond motifs is 1. The van der Waals surface area contributed by atoms with Gasteiger partial charge in [0.25, 0.3) is 5.56 Å². The number of benzene rings is 1. The quantitative estimate of drug-likeness (QED) is 0.674. The summed E-state index contributed by atoms with van der Waals surface area (Å²) in [6, 6.07) is 5.84. The minimum Gasteiger partial charge on any atom is -0.480 e. The molecule has 110 valence electrons. The Morgan fingerprint density at radius 2 is 2.24 bits per heavy atom. The highest BCUT2D eigenvalue weighted by molar-refractivity contribution is 7.98. The van der Waals surface area contributed by atoms with Gasteiger partial charge in [-0.25, -0.2) is 9.48 Å². The molecule has 1 aromatic carbocycles. The molecule has 2 aromatic rings. The van der Waals surface area contributed by atoms with Gasteiger partial charge in [-0.3, -0.25) is 9.59 Å². The number of carbonyl (C=O) groups excluding carboxylic acids is 1. The van der Waals surface area contributed by atoms with Crippen molar-refractivity contribution in [1.29, 1.82) is 0 Å². The van der Waals surface area contributed by atoms with Crippen molar-refractivity contribution in [3.05, 3.63) is 34.6 Å². The highest BCUT2D eigenvalue weighted by Crippen LogP contribution is 2.07. The van der Waals surface area contributed by atoms with Crippen molar-refractivity contribution in [3.63, 3.8) is 0 Å². The minimum absolute atomic E-state index is 0.120. The summed E-state index contributed by atoms with van der Waals surface area (Å²) in [6.07, 6.45) is 0.335. The van der Waals surface area contributed by atoms with Crippen molar-refractivity contribution < 1.29 is 14.7 Å². The van der Waals surface area contributed by atoms with Crippen molar-refractivity contribution in [2.75, 3.05) is 5.75 Å². The first-order valence-corrected chi connectivity index (χ1v) is 7.11. The first-order chi connectivity index (χ1) is 10.1. The van der Waals surface area contributed by atoms with Crippen LogP contribution in [0.1, 0.15) is 0 Å². The van der Waals surface area contributed by atoms with Crippen molar-refractivity contribution in [2.45, 2.75) is 11.9 Å². The van der Waals surface area contributed by atoms with Crippen LogP contribution in [0.15, 0.2) is 29.1 Å². The lowest BCUT2D eigenvalue weighted by Crippen LogP contribution is -2.38. The van der Waals surface area contributed by atoms with Crippen LogP contribution in [0.25, 0.3) is 10.9 Å². The van der Waals surface area contributed by atoms with Gasteiger partial charge in [0.15, 0.2) is 0 Å². The molecule has 0 saturated heterocycles. The molecule has 2 N–H and O–H groups in total. The van der Waals surface area contributed by atoms with E-state index in [1.165, 1.54) is 0 Å². The molecule has 0 fully saturated rings. The average Bonchev–Trinajstić information content (AvgIpc) is 2.48. The molecule has 0 spiro atoms. The largest absolute Gasteiger partial charge is 0.480 e. The summed E-state index contributed by atoms with van der Waals surface area (Å²) in [4.78, 5) is 33.3. The molecule has 0 aliphatic rings. The molecular formula is C12H12N4O4S. The van der Waals surface area contributed by atoms with Crippen molar-refractivity contribution in [1.82, 2.24) is 20.3 Å². The molecule has 1 unspecified atom stereocenters. The number of carboxylic acids is 1. The molecule has 1 heterocycles. The Hall–Kier alpha value is -2.42. The Kier molecular flexibility index (Phi) is 4.88. The van der Waals surface area contributed by atoms with Crippen LogP contribution in [0, 0.1) is 0 Å². The molecule has 2 rings (SSSR count). The highest BCUT2D eigenvalue weighted by Gasteiger charge is 2.16. The number of aromatic nitrogens is 3. The number of rotatable bonds is 7. The van der Waals surface area contributed by atoms with E-state index in [2.05, 4.69) is 15.6 Å². The molecule has 1 atom stereocenters. The Labute approximate surface area is 123 Å². The lowest BCUT2D eigenvalue weighted by molar-refractivity contribution is -0.139. The number of hydrogen-bond acceptors (Lipinski definition) is 6. The van der Waals surface area contributed by atoms with E-state index in [1.54, 1.807) is 24.3 Å². The molecule has 0 aliphatic carbocycles. The molecule has 8 nitrogen and oxygen atoms in total. The second-order valence-corrected chi connectivity index (χ2v) is 5.09. The zero-order valence-electron chi connectivity index (χ0n) is 10.8. The third kappa shape index (κ3) is 3.57. The smallest absolute Gasteiger partial charge is 0.327 e. The zero-order chi connectivity index (χ0) is 15.2. The van der Waals surface area contributed by atoms with E-state index in [4.69, 9.17) is 5.11 Å². The third-order valence-corrected chi connectivity index (χ3v) is 3.69. The number of nitrogens with zero attached hydrogens (tertiary/aromatic N) is 3. The Morgan fingerprint density at radius 1 is 1.48 bits per heavy atom. The maximum Gasteiger partial charge on any atom is 0.327 e. The maximum absolute atomic E-state index is 12.1. The van der Waals surface area contributed by atoms with Crippen molar-refractivity contribution in [3.8, 4) is 0 Å². The van der Waals surface area contributed by atoms with Gasteiger partial charge in [-0.1, -0.05) is 17.3 Å².